The molecule has 0 spiro atoms. The van der Waals surface area contributed by atoms with Crippen LogP contribution >= 0.6 is 22.6 Å². The van der Waals surface area contributed by atoms with E-state index in [9.17, 15) is 15.3 Å². The molecular weight excluding hydrogens is 467 g/mol. The zero-order valence-electron chi connectivity index (χ0n) is 14.0. The number of halogens is 1. The summed E-state index contributed by atoms with van der Waals surface area (Å²) in [4.78, 5) is 12.6. The molecule has 3 aromatic rings. The van der Waals surface area contributed by atoms with Crippen LogP contribution in [0.3, 0.4) is 0 Å². The Kier molecular flexibility index (Phi) is 5.19. The van der Waals surface area contributed by atoms with Gasteiger partial charge in [-0.3, -0.25) is 4.98 Å². The van der Waals surface area contributed by atoms with Crippen LogP contribution in [0.1, 0.15) is 11.8 Å². The first-order valence-electron chi connectivity index (χ1n) is 8.24. The molecule has 0 unspecified atom stereocenters. The van der Waals surface area contributed by atoms with Crippen LogP contribution in [0.5, 0.6) is 0 Å². The van der Waals surface area contributed by atoms with Gasteiger partial charge in [-0.2, -0.15) is 5.10 Å². The molecule has 27 heavy (non-hydrogen) atoms. The number of pyridine rings is 1. The van der Waals surface area contributed by atoms with Crippen molar-refractivity contribution in [2.45, 2.75) is 31.1 Å². The lowest BCUT2D eigenvalue weighted by atomic mass is 10.1. The molecule has 0 saturated carbocycles. The first-order chi connectivity index (χ1) is 13.1. The summed E-state index contributed by atoms with van der Waals surface area (Å²) in [5, 5.41) is 37.9. The molecule has 4 rings (SSSR count). The summed E-state index contributed by atoms with van der Waals surface area (Å²) in [6.07, 6.45) is 0.560. The third kappa shape index (κ3) is 3.36. The van der Waals surface area contributed by atoms with E-state index in [4.69, 9.17) is 4.74 Å². The number of aliphatic hydroxyl groups excluding tert-OH is 3. The molecule has 10 nitrogen and oxygen atoms in total. The molecule has 4 heterocycles. The molecule has 1 saturated heterocycles. The van der Waals surface area contributed by atoms with Gasteiger partial charge in [0.05, 0.1) is 12.0 Å². The maximum Gasteiger partial charge on any atom is 0.181 e. The van der Waals surface area contributed by atoms with Crippen molar-refractivity contribution in [1.82, 2.24) is 24.7 Å². The summed E-state index contributed by atoms with van der Waals surface area (Å²) < 4.78 is 7.61. The summed E-state index contributed by atoms with van der Waals surface area (Å²) in [7, 11) is 0. The fourth-order valence-electron chi connectivity index (χ4n) is 3.01. The predicted octanol–water partition coefficient (Wildman–Crippen LogP) is 0.0495. The van der Waals surface area contributed by atoms with Crippen LogP contribution in [0.2, 0.25) is 0 Å². The van der Waals surface area contributed by atoms with Crippen molar-refractivity contribution in [2.75, 3.05) is 11.9 Å². The van der Waals surface area contributed by atoms with Crippen molar-refractivity contribution in [1.29, 1.82) is 0 Å². The largest absolute Gasteiger partial charge is 0.394 e. The lowest BCUT2D eigenvalue weighted by molar-refractivity contribution is -0.0568. The predicted molar refractivity (Wildman–Crippen MR) is 103 cm³/mol. The van der Waals surface area contributed by atoms with Crippen LogP contribution in [0, 0.1) is 3.70 Å². The molecule has 0 aromatic carbocycles. The minimum absolute atomic E-state index is 0.404. The fraction of sp³-hybridized carbons (Fsp3) is 0.375. The molecule has 1 aliphatic heterocycles. The molecule has 4 N–H and O–H groups in total. The summed E-state index contributed by atoms with van der Waals surface area (Å²) in [5.41, 5.74) is 1.50. The number of nitrogens with zero attached hydrogens (tertiary/aromatic N) is 5. The Balaban J connectivity index is 1.67. The highest BCUT2D eigenvalue weighted by Crippen LogP contribution is 2.33. The van der Waals surface area contributed by atoms with Crippen LogP contribution in [-0.4, -0.2) is 65.0 Å². The molecule has 0 amide bonds. The van der Waals surface area contributed by atoms with Crippen molar-refractivity contribution in [3.05, 3.63) is 40.1 Å². The minimum Gasteiger partial charge on any atom is -0.394 e. The van der Waals surface area contributed by atoms with Gasteiger partial charge in [-0.25, -0.2) is 14.6 Å². The van der Waals surface area contributed by atoms with E-state index in [0.717, 1.165) is 5.56 Å². The molecule has 11 heteroatoms. The second-order valence-corrected chi connectivity index (χ2v) is 7.12. The number of hydrogen-bond acceptors (Lipinski definition) is 9. The smallest absolute Gasteiger partial charge is 0.181 e. The third-order valence-electron chi connectivity index (χ3n) is 4.41. The Labute approximate surface area is 167 Å². The molecule has 142 valence electrons. The zero-order valence-corrected chi connectivity index (χ0v) is 16.1. The Morgan fingerprint density at radius 2 is 1.96 bits per heavy atom. The number of aromatic nitrogens is 5. The van der Waals surface area contributed by atoms with Crippen LogP contribution in [0.15, 0.2) is 30.9 Å². The number of anilines is 1. The summed E-state index contributed by atoms with van der Waals surface area (Å²) in [6, 6.07) is 3.80. The van der Waals surface area contributed by atoms with Crippen LogP contribution in [-0.2, 0) is 11.3 Å². The van der Waals surface area contributed by atoms with E-state index in [1.807, 2.05) is 12.1 Å². The number of fused-ring (bicyclic) bond motifs is 1. The van der Waals surface area contributed by atoms with Crippen LogP contribution in [0.25, 0.3) is 11.0 Å². The van der Waals surface area contributed by atoms with Gasteiger partial charge in [-0.1, -0.05) is 0 Å². The fourth-order valence-corrected chi connectivity index (χ4v) is 3.74. The van der Waals surface area contributed by atoms with Crippen LogP contribution < -0.4 is 5.32 Å². The number of ether oxygens (including phenoxy) is 1. The molecule has 0 radical (unpaired) electrons. The summed E-state index contributed by atoms with van der Waals surface area (Å²) in [6.45, 7) is 0.141. The number of hydrogen-bond donors (Lipinski definition) is 4. The number of nitrogens with one attached hydrogen (secondary N) is 1. The summed E-state index contributed by atoms with van der Waals surface area (Å²) >= 11 is 2.06. The van der Waals surface area contributed by atoms with E-state index >= 15 is 0 Å². The normalized spacial score (nSPS) is 25.2. The van der Waals surface area contributed by atoms with E-state index in [1.165, 1.54) is 11.0 Å². The van der Waals surface area contributed by atoms with E-state index in [-0.39, 0.29) is 0 Å². The molecule has 4 atom stereocenters. The Morgan fingerprint density at radius 3 is 2.67 bits per heavy atom. The van der Waals surface area contributed by atoms with Crippen molar-refractivity contribution in [3.63, 3.8) is 0 Å². The monoisotopic (exact) mass is 484 g/mol. The molecular formula is C16H17IN6O4. The van der Waals surface area contributed by atoms with Gasteiger partial charge < -0.3 is 25.4 Å². The molecule has 1 aliphatic rings. The second-order valence-electron chi connectivity index (χ2n) is 6.09. The molecule has 0 bridgehead atoms. The maximum atomic E-state index is 10.3. The van der Waals surface area contributed by atoms with Crippen LogP contribution in [0.4, 0.5) is 5.82 Å². The average molecular weight is 484 g/mol. The first kappa shape index (κ1) is 18.4. The van der Waals surface area contributed by atoms with Gasteiger partial charge in [0.2, 0.25) is 0 Å². The third-order valence-corrected chi connectivity index (χ3v) is 5.17. The molecule has 0 aliphatic carbocycles. The lowest BCUT2D eigenvalue weighted by Gasteiger charge is -2.15. The zero-order chi connectivity index (χ0) is 19.0. The standard InChI is InChI=1S/C16H17IN6O4/c17-13-10-14(19-5-8-1-3-18-4-2-8)20-7-21-15(10)23(22-13)16-12(26)11(25)9(6-24)27-16/h1-4,7,9,11-12,16,24-26H,5-6H2,(H,19,20,21)/t9-,11+,12+,16-/m1/s1. The highest BCUT2D eigenvalue weighted by atomic mass is 127. The highest BCUT2D eigenvalue weighted by Gasteiger charge is 2.44. The maximum absolute atomic E-state index is 10.3. The number of rotatable bonds is 5. The van der Waals surface area contributed by atoms with E-state index in [1.54, 1.807) is 12.4 Å². The molecule has 3 aromatic heterocycles. The van der Waals surface area contributed by atoms with E-state index in [2.05, 4.69) is 48.0 Å². The van der Waals surface area contributed by atoms with Crippen molar-refractivity contribution in [3.8, 4) is 0 Å². The van der Waals surface area contributed by atoms with Gasteiger partial charge in [0.1, 0.15) is 34.2 Å². The van der Waals surface area contributed by atoms with Crippen molar-refractivity contribution < 1.29 is 20.1 Å². The van der Waals surface area contributed by atoms with Gasteiger partial charge in [0.25, 0.3) is 0 Å². The highest BCUT2D eigenvalue weighted by molar-refractivity contribution is 14.1. The number of aliphatic hydroxyl groups is 3. The first-order valence-corrected chi connectivity index (χ1v) is 9.32. The van der Waals surface area contributed by atoms with Gasteiger partial charge in [-0.15, -0.1) is 0 Å². The van der Waals surface area contributed by atoms with Crippen molar-refractivity contribution in [2.24, 2.45) is 0 Å². The minimum atomic E-state index is -1.23. The van der Waals surface area contributed by atoms with Gasteiger partial charge in [0, 0.05) is 18.9 Å². The summed E-state index contributed by atoms with van der Waals surface area (Å²) in [5.74, 6) is 0.596. The second kappa shape index (κ2) is 7.59. The van der Waals surface area contributed by atoms with E-state index < -0.39 is 31.1 Å². The topological polar surface area (TPSA) is 138 Å². The Hall–Kier alpha value is -1.93. The Bertz CT molecular complexity index is 939. The Morgan fingerprint density at radius 1 is 1.19 bits per heavy atom. The van der Waals surface area contributed by atoms with Gasteiger partial charge in [0.15, 0.2) is 11.9 Å². The van der Waals surface area contributed by atoms with E-state index in [0.29, 0.717) is 27.1 Å². The van der Waals surface area contributed by atoms with Gasteiger partial charge in [-0.05, 0) is 40.3 Å². The quantitative estimate of drug-likeness (QED) is 0.370. The van der Waals surface area contributed by atoms with Gasteiger partial charge >= 0.3 is 0 Å². The molecule has 1 fully saturated rings. The lowest BCUT2D eigenvalue weighted by Crippen LogP contribution is -2.33. The van der Waals surface area contributed by atoms with Crippen molar-refractivity contribution >= 4 is 39.4 Å². The average Bonchev–Trinajstić information content (AvgIpc) is 3.18. The SMILES string of the molecule is OC[C@H]1O[C@@H](n2nc(I)c3c(NCc4ccncc4)ncnc32)[C@@H](O)[C@H]1O.